The van der Waals surface area contributed by atoms with Crippen LogP contribution in [0.5, 0.6) is 0 Å². The molecule has 0 aromatic heterocycles. The van der Waals surface area contributed by atoms with Gasteiger partial charge in [-0.25, -0.2) is 4.39 Å². The van der Waals surface area contributed by atoms with Crippen LogP contribution in [0.1, 0.15) is 22.3 Å². The zero-order valence-electron chi connectivity index (χ0n) is 9.83. The quantitative estimate of drug-likeness (QED) is 0.839. The molecule has 0 spiro atoms. The molecule has 0 saturated carbocycles. The van der Waals surface area contributed by atoms with Crippen molar-refractivity contribution in [2.24, 2.45) is 0 Å². The molecule has 1 unspecified atom stereocenters. The van der Waals surface area contributed by atoms with Crippen molar-refractivity contribution < 1.29 is 9.18 Å². The van der Waals surface area contributed by atoms with Crippen LogP contribution in [0.4, 0.5) is 4.39 Å². The van der Waals surface area contributed by atoms with Crippen molar-refractivity contribution in [3.05, 3.63) is 35.1 Å². The maximum absolute atomic E-state index is 13.3. The van der Waals surface area contributed by atoms with Gasteiger partial charge in [-0.05, 0) is 18.6 Å². The van der Waals surface area contributed by atoms with Gasteiger partial charge >= 0.3 is 0 Å². The van der Waals surface area contributed by atoms with E-state index in [1.165, 1.54) is 6.07 Å². The monoisotopic (exact) mass is 253 g/mol. The van der Waals surface area contributed by atoms with E-state index in [9.17, 15) is 9.18 Å². The molecule has 1 aliphatic heterocycles. The third kappa shape index (κ3) is 3.30. The number of benzene rings is 1. The van der Waals surface area contributed by atoms with E-state index in [2.05, 4.69) is 5.32 Å². The molecule has 1 aliphatic rings. The topological polar surface area (TPSA) is 29.1 Å². The number of thioether (sulfide) groups is 1. The minimum Gasteiger partial charge on any atom is -0.312 e. The molecule has 1 heterocycles. The predicted octanol–water partition coefficient (Wildman–Crippen LogP) is 2.41. The van der Waals surface area contributed by atoms with Crippen molar-refractivity contribution in [1.82, 2.24) is 5.32 Å². The highest BCUT2D eigenvalue weighted by molar-refractivity contribution is 7.99. The van der Waals surface area contributed by atoms with Gasteiger partial charge in [-0.2, -0.15) is 11.8 Å². The summed E-state index contributed by atoms with van der Waals surface area (Å²) in [6.45, 7) is 2.65. The van der Waals surface area contributed by atoms with E-state index in [0.29, 0.717) is 17.5 Å². The molecule has 0 radical (unpaired) electrons. The third-order valence-electron chi connectivity index (χ3n) is 2.92. The molecule has 17 heavy (non-hydrogen) atoms. The number of nitrogens with one attached hydrogen (secondary N) is 1. The minimum absolute atomic E-state index is 0.0175. The fourth-order valence-electron chi connectivity index (χ4n) is 1.86. The van der Waals surface area contributed by atoms with Crippen LogP contribution in [0.3, 0.4) is 0 Å². The van der Waals surface area contributed by atoms with Crippen LogP contribution >= 0.6 is 11.8 Å². The molecule has 0 aliphatic carbocycles. The molecule has 1 N–H and O–H groups in total. The summed E-state index contributed by atoms with van der Waals surface area (Å²) in [6, 6.07) is 4.93. The minimum atomic E-state index is -0.304. The van der Waals surface area contributed by atoms with Gasteiger partial charge in [0.05, 0.1) is 0 Å². The van der Waals surface area contributed by atoms with Crippen LogP contribution in [0.2, 0.25) is 0 Å². The lowest BCUT2D eigenvalue weighted by atomic mass is 10.0. The smallest absolute Gasteiger partial charge is 0.164 e. The zero-order valence-corrected chi connectivity index (χ0v) is 10.6. The first kappa shape index (κ1) is 12.6. The number of hydrogen-bond acceptors (Lipinski definition) is 3. The lowest BCUT2D eigenvalue weighted by Crippen LogP contribution is -2.38. The Kier molecular flexibility index (Phi) is 4.18. The first-order chi connectivity index (χ1) is 8.16. The van der Waals surface area contributed by atoms with Crippen LogP contribution in [-0.4, -0.2) is 29.9 Å². The Hall–Kier alpha value is -0.870. The number of ketones is 1. The number of halogens is 1. The fraction of sp³-hybridized carbons (Fsp3) is 0.462. The van der Waals surface area contributed by atoms with Crippen LogP contribution in [0.25, 0.3) is 0 Å². The Bertz CT molecular complexity index is 416. The molecule has 1 aromatic rings. The van der Waals surface area contributed by atoms with Gasteiger partial charge in [-0.3, -0.25) is 4.79 Å². The van der Waals surface area contributed by atoms with Gasteiger partial charge in [0.1, 0.15) is 5.82 Å². The number of hydrogen-bond donors (Lipinski definition) is 1. The Morgan fingerprint density at radius 3 is 3.06 bits per heavy atom. The van der Waals surface area contributed by atoms with Gasteiger partial charge in [0.2, 0.25) is 0 Å². The number of carbonyl (C=O) groups is 1. The van der Waals surface area contributed by atoms with Crippen LogP contribution in [0, 0.1) is 12.7 Å². The molecular weight excluding hydrogens is 237 g/mol. The molecule has 4 heteroatoms. The van der Waals surface area contributed by atoms with Crippen molar-refractivity contribution in [1.29, 1.82) is 0 Å². The Balaban J connectivity index is 2.01. The maximum Gasteiger partial charge on any atom is 0.164 e. The number of carbonyl (C=O) groups excluding carboxylic acids is 1. The van der Waals surface area contributed by atoms with E-state index in [1.807, 2.05) is 11.8 Å². The van der Waals surface area contributed by atoms with E-state index >= 15 is 0 Å². The molecule has 1 fully saturated rings. The molecule has 1 aromatic carbocycles. The molecule has 92 valence electrons. The highest BCUT2D eigenvalue weighted by Crippen LogP contribution is 2.15. The van der Waals surface area contributed by atoms with Crippen molar-refractivity contribution in [2.75, 3.05) is 18.1 Å². The summed E-state index contributed by atoms with van der Waals surface area (Å²) < 4.78 is 13.3. The van der Waals surface area contributed by atoms with E-state index in [0.717, 1.165) is 18.1 Å². The Morgan fingerprint density at radius 2 is 2.41 bits per heavy atom. The normalized spacial score (nSPS) is 20.2. The van der Waals surface area contributed by atoms with Crippen molar-refractivity contribution >= 4 is 17.5 Å². The van der Waals surface area contributed by atoms with Gasteiger partial charge in [-0.15, -0.1) is 0 Å². The van der Waals surface area contributed by atoms with Gasteiger partial charge in [-0.1, -0.05) is 12.1 Å². The Morgan fingerprint density at radius 1 is 1.59 bits per heavy atom. The highest BCUT2D eigenvalue weighted by atomic mass is 32.2. The van der Waals surface area contributed by atoms with Crippen molar-refractivity contribution in [3.8, 4) is 0 Å². The summed E-state index contributed by atoms with van der Waals surface area (Å²) >= 11 is 1.86. The largest absolute Gasteiger partial charge is 0.312 e. The number of Topliss-reactive ketones (excluding diaryl/α,β-unsaturated/α-hetero) is 1. The standard InChI is InChI=1S/C13H16FNOS/c1-9-2-3-10(6-12(9)14)13(16)7-11-8-17-5-4-15-11/h2-3,6,11,15H,4-5,7-8H2,1H3. The molecular formula is C13H16FNOS. The first-order valence-corrected chi connectivity index (χ1v) is 6.93. The second-order valence-corrected chi connectivity index (χ2v) is 5.47. The summed E-state index contributed by atoms with van der Waals surface area (Å²) in [5.41, 5.74) is 1.05. The van der Waals surface area contributed by atoms with Crippen molar-refractivity contribution in [3.63, 3.8) is 0 Å². The second kappa shape index (κ2) is 5.65. The van der Waals surface area contributed by atoms with E-state index < -0.39 is 0 Å². The van der Waals surface area contributed by atoms with Gasteiger partial charge in [0.25, 0.3) is 0 Å². The van der Waals surface area contributed by atoms with Crippen LogP contribution in [-0.2, 0) is 0 Å². The molecule has 0 amide bonds. The summed E-state index contributed by atoms with van der Waals surface area (Å²) in [6.07, 6.45) is 0.454. The van der Waals surface area contributed by atoms with E-state index in [1.54, 1.807) is 19.1 Å². The fourth-order valence-corrected chi connectivity index (χ4v) is 2.81. The lowest BCUT2D eigenvalue weighted by Gasteiger charge is -2.22. The van der Waals surface area contributed by atoms with Crippen molar-refractivity contribution in [2.45, 2.75) is 19.4 Å². The maximum atomic E-state index is 13.3. The number of rotatable bonds is 3. The van der Waals surface area contributed by atoms with Gasteiger partial charge in [0.15, 0.2) is 5.78 Å². The van der Waals surface area contributed by atoms with Crippen LogP contribution in [0.15, 0.2) is 18.2 Å². The zero-order chi connectivity index (χ0) is 12.3. The SMILES string of the molecule is Cc1ccc(C(=O)CC2CSCCN2)cc1F. The summed E-state index contributed by atoms with van der Waals surface area (Å²) in [5, 5.41) is 3.31. The third-order valence-corrected chi connectivity index (χ3v) is 4.05. The molecule has 1 atom stereocenters. The average Bonchev–Trinajstić information content (AvgIpc) is 2.34. The Labute approximate surface area is 105 Å². The highest BCUT2D eigenvalue weighted by Gasteiger charge is 2.18. The summed E-state index contributed by atoms with van der Waals surface area (Å²) in [5.74, 6) is 1.77. The number of aryl methyl sites for hydroxylation is 1. The summed E-state index contributed by atoms with van der Waals surface area (Å²) in [4.78, 5) is 12.0. The van der Waals surface area contributed by atoms with Crippen LogP contribution < -0.4 is 5.32 Å². The molecule has 1 saturated heterocycles. The first-order valence-electron chi connectivity index (χ1n) is 5.77. The van der Waals surface area contributed by atoms with Gasteiger partial charge < -0.3 is 5.32 Å². The van der Waals surface area contributed by atoms with E-state index in [4.69, 9.17) is 0 Å². The molecule has 0 bridgehead atoms. The van der Waals surface area contributed by atoms with E-state index in [-0.39, 0.29) is 17.6 Å². The second-order valence-electron chi connectivity index (χ2n) is 4.32. The average molecular weight is 253 g/mol. The predicted molar refractivity (Wildman–Crippen MR) is 69.2 cm³/mol. The molecule has 2 nitrogen and oxygen atoms in total. The molecule has 2 rings (SSSR count). The summed E-state index contributed by atoms with van der Waals surface area (Å²) in [7, 11) is 0. The van der Waals surface area contributed by atoms with Gasteiger partial charge in [0, 0.05) is 36.1 Å². The lowest BCUT2D eigenvalue weighted by molar-refractivity contribution is 0.0971.